The summed E-state index contributed by atoms with van der Waals surface area (Å²) in [5.41, 5.74) is 6.06. The van der Waals surface area contributed by atoms with Crippen LogP contribution in [0.4, 0.5) is 0 Å². The minimum Gasteiger partial charge on any atom is -0.458 e. The zero-order valence-electron chi connectivity index (χ0n) is 28.5. The van der Waals surface area contributed by atoms with Crippen molar-refractivity contribution in [2.45, 2.75) is 74.1 Å². The highest BCUT2D eigenvalue weighted by Gasteiger charge is 2.40. The van der Waals surface area contributed by atoms with Crippen LogP contribution in [0.1, 0.15) is 77.2 Å². The Balaban J connectivity index is 0.000000183. The topological polar surface area (TPSA) is 18.5 Å². The maximum atomic E-state index is 7.99. The van der Waals surface area contributed by atoms with Gasteiger partial charge in [0.15, 0.2) is 0 Å². The van der Waals surface area contributed by atoms with E-state index in [-0.39, 0.29) is 32.4 Å². The smallest absolute Gasteiger partial charge is 0.260 e. The van der Waals surface area contributed by atoms with Crippen LogP contribution in [0, 0.1) is 6.85 Å². The first-order valence-electron chi connectivity index (χ1n) is 16.4. The molecule has 0 aliphatic carbocycles. The average molecular weight is 616 g/mol. The third kappa shape index (κ3) is 5.55. The number of aryl methyl sites for hydroxylation is 1. The molecule has 2 aliphatic rings. The van der Waals surface area contributed by atoms with E-state index in [1.165, 1.54) is 16.5 Å². The van der Waals surface area contributed by atoms with Crippen LogP contribution < -0.4 is 25.9 Å². The number of rotatable bonds is 0. The van der Waals surface area contributed by atoms with Crippen LogP contribution in [-0.4, -0.2) is 6.71 Å². The van der Waals surface area contributed by atoms with Crippen LogP contribution in [0.15, 0.2) is 97.1 Å². The van der Waals surface area contributed by atoms with Crippen LogP contribution >= 0.6 is 11.3 Å². The Labute approximate surface area is 278 Å². The maximum absolute atomic E-state index is 7.99. The molecule has 1 aromatic heterocycles. The first-order valence-corrected chi connectivity index (χ1v) is 15.7. The molecule has 0 saturated carbocycles. The molecule has 0 bridgehead atoms. The zero-order valence-corrected chi connectivity index (χ0v) is 26.4. The number of hydrogen-bond acceptors (Lipinski definition) is 3. The number of ether oxygens (including phenoxy) is 2. The molecule has 0 unspecified atom stereocenters. The van der Waals surface area contributed by atoms with E-state index in [1.807, 2.05) is 30.3 Å². The Bertz CT molecular complexity index is 2060. The van der Waals surface area contributed by atoms with E-state index in [1.54, 1.807) is 11.3 Å². The number of benzene rings is 5. The van der Waals surface area contributed by atoms with Gasteiger partial charge in [-0.3, -0.25) is 0 Å². The van der Waals surface area contributed by atoms with E-state index in [0.29, 0.717) is 5.56 Å². The maximum Gasteiger partial charge on any atom is 0.260 e. The highest BCUT2D eigenvalue weighted by molar-refractivity contribution is 7.26. The van der Waals surface area contributed by atoms with Crippen LogP contribution in [0.2, 0.25) is 0 Å². The lowest BCUT2D eigenvalue weighted by molar-refractivity contribution is 0.458. The lowest BCUT2D eigenvalue weighted by Crippen LogP contribution is -2.57. The van der Waals surface area contributed by atoms with Crippen LogP contribution in [0.25, 0.3) is 20.2 Å². The summed E-state index contributed by atoms with van der Waals surface area (Å²) in [6, 6.07) is 33.2. The minimum atomic E-state index is -2.09. The van der Waals surface area contributed by atoms with Crippen molar-refractivity contribution in [2.75, 3.05) is 0 Å². The summed E-state index contributed by atoms with van der Waals surface area (Å²) >= 11 is 1.59. The largest absolute Gasteiger partial charge is 0.458 e. The van der Waals surface area contributed by atoms with Crippen molar-refractivity contribution >= 4 is 54.6 Å². The lowest BCUT2D eigenvalue weighted by Gasteiger charge is -2.34. The van der Waals surface area contributed by atoms with Gasteiger partial charge in [-0.15, -0.1) is 11.3 Å². The van der Waals surface area contributed by atoms with Gasteiger partial charge >= 0.3 is 0 Å². The van der Waals surface area contributed by atoms with Crippen molar-refractivity contribution in [1.82, 2.24) is 0 Å². The van der Waals surface area contributed by atoms with Crippen LogP contribution in [0.3, 0.4) is 0 Å². The molecule has 0 amide bonds. The van der Waals surface area contributed by atoms with Crippen molar-refractivity contribution in [2.24, 2.45) is 0 Å². The second kappa shape index (κ2) is 11.7. The summed E-state index contributed by atoms with van der Waals surface area (Å²) in [4.78, 5) is 0. The molecule has 0 N–H and O–H groups in total. The van der Waals surface area contributed by atoms with Gasteiger partial charge in [-0.25, -0.2) is 0 Å². The molecule has 0 radical (unpaired) electrons. The van der Waals surface area contributed by atoms with Crippen molar-refractivity contribution in [3.63, 3.8) is 0 Å². The third-order valence-corrected chi connectivity index (χ3v) is 9.72. The molecule has 8 rings (SSSR count). The van der Waals surface area contributed by atoms with Crippen molar-refractivity contribution in [3.8, 4) is 23.0 Å². The highest BCUT2D eigenvalue weighted by Crippen LogP contribution is 2.40. The number of hydrogen-bond donors (Lipinski definition) is 0. The van der Waals surface area contributed by atoms with Gasteiger partial charge < -0.3 is 9.47 Å². The normalized spacial score (nSPS) is 14.0. The molecule has 4 heteroatoms. The second-order valence-corrected chi connectivity index (χ2v) is 14.6. The SMILES string of the molecule is C.C.CC(C)(C)c1cc2c3c(c1)Oc1ccccc1B3c1ccccc1O2.[2H]C([2H])([2H])c1c(C(C)(C)C)ccc2c1sc1ccccc12. The van der Waals surface area contributed by atoms with Crippen LogP contribution in [-0.2, 0) is 10.8 Å². The van der Waals surface area contributed by atoms with Gasteiger partial charge in [0.2, 0.25) is 0 Å². The fraction of sp³-hybridized carbons (Fsp3) is 0.268. The van der Waals surface area contributed by atoms with Crippen LogP contribution in [0.5, 0.6) is 23.0 Å². The third-order valence-electron chi connectivity index (χ3n) is 8.51. The van der Waals surface area contributed by atoms with E-state index in [2.05, 4.69) is 108 Å². The zero-order chi connectivity index (χ0) is 32.6. The molecule has 0 spiro atoms. The van der Waals surface area contributed by atoms with Gasteiger partial charge in [-0.2, -0.15) is 0 Å². The molecular weight excluding hydrogens is 567 g/mol. The summed E-state index contributed by atoms with van der Waals surface area (Å²) in [5, 5.41) is 2.19. The van der Waals surface area contributed by atoms with E-state index in [9.17, 15) is 0 Å². The van der Waals surface area contributed by atoms with Gasteiger partial charge in [0.1, 0.15) is 23.0 Å². The number of fused-ring (bicyclic) bond motifs is 7. The van der Waals surface area contributed by atoms with Gasteiger partial charge in [0.05, 0.1) is 0 Å². The minimum absolute atomic E-state index is 0. The van der Waals surface area contributed by atoms with Gasteiger partial charge in [0, 0.05) is 29.7 Å². The van der Waals surface area contributed by atoms with E-state index < -0.39 is 6.85 Å². The Morgan fingerprint density at radius 2 is 1.18 bits per heavy atom. The molecular formula is C41H45BO2S. The van der Waals surface area contributed by atoms with E-state index >= 15 is 0 Å². The molecule has 0 atom stereocenters. The Morgan fingerprint density at radius 3 is 1.73 bits per heavy atom. The van der Waals surface area contributed by atoms with Crippen molar-refractivity contribution < 1.29 is 13.6 Å². The summed E-state index contributed by atoms with van der Waals surface area (Å²) < 4.78 is 38.6. The fourth-order valence-electron chi connectivity index (χ4n) is 6.24. The molecule has 0 fully saturated rings. The van der Waals surface area contributed by atoms with Crippen molar-refractivity contribution in [3.05, 3.63) is 114 Å². The molecule has 6 aromatic rings. The first kappa shape index (κ1) is 28.5. The molecule has 0 saturated heterocycles. The number of thiophene rings is 1. The molecule has 45 heavy (non-hydrogen) atoms. The quantitative estimate of drug-likeness (QED) is 0.158. The summed E-state index contributed by atoms with van der Waals surface area (Å²) in [6.45, 7) is 10.9. The number of para-hydroxylation sites is 2. The Morgan fingerprint density at radius 1 is 0.622 bits per heavy atom. The summed E-state index contributed by atoms with van der Waals surface area (Å²) in [5.74, 6) is 3.71. The Hall–Kier alpha value is -4.02. The predicted molar refractivity (Wildman–Crippen MR) is 199 cm³/mol. The molecule has 3 heterocycles. The van der Waals surface area contributed by atoms with Gasteiger partial charge in [-0.1, -0.05) is 123 Å². The fourth-order valence-corrected chi connectivity index (χ4v) is 7.40. The lowest BCUT2D eigenvalue weighted by atomic mass is 9.35. The monoisotopic (exact) mass is 615 g/mol. The Kier molecular flexibility index (Phi) is 7.42. The second-order valence-electron chi connectivity index (χ2n) is 13.6. The summed E-state index contributed by atoms with van der Waals surface area (Å²) in [6.07, 6.45) is 0. The van der Waals surface area contributed by atoms with Gasteiger partial charge in [0.25, 0.3) is 6.71 Å². The average Bonchev–Trinajstić information content (AvgIpc) is 3.38. The van der Waals surface area contributed by atoms with E-state index in [0.717, 1.165) is 54.2 Å². The standard InChI is InChI=1S/C22H19BO2.C17H18S.2CH4/c1-22(2,3)14-12-19-21-20(13-14)25-18-11-7-5-9-16(18)23(21)15-8-4-6-10-17(15)24-19;1-11-14(17(2,3)4)10-9-13-12-7-5-6-8-15(12)18-16(11)13;;/h4-13H,1-3H3;5-10H,1-4H3;2*1H4/i;1D3;;. The summed E-state index contributed by atoms with van der Waals surface area (Å²) in [7, 11) is 0. The molecule has 2 nitrogen and oxygen atoms in total. The molecule has 230 valence electrons. The first-order chi connectivity index (χ1) is 21.7. The van der Waals surface area contributed by atoms with Gasteiger partial charge in [-0.05, 0) is 75.6 Å². The predicted octanol–water partition coefficient (Wildman–Crippen LogP) is 10.6. The molecule has 2 aliphatic heterocycles. The highest BCUT2D eigenvalue weighted by atomic mass is 32.1. The van der Waals surface area contributed by atoms with E-state index in [4.69, 9.17) is 13.6 Å². The van der Waals surface area contributed by atoms with Crippen molar-refractivity contribution in [1.29, 1.82) is 0 Å². The molecule has 5 aromatic carbocycles.